The Kier molecular flexibility index (Phi) is 4.98. The van der Waals surface area contributed by atoms with Crippen molar-refractivity contribution in [3.63, 3.8) is 0 Å². The van der Waals surface area contributed by atoms with E-state index >= 15 is 0 Å². The van der Waals surface area contributed by atoms with E-state index in [1.165, 1.54) is 11.8 Å². The molecule has 0 bridgehead atoms. The van der Waals surface area contributed by atoms with E-state index in [2.05, 4.69) is 0 Å². The number of benzene rings is 1. The van der Waals surface area contributed by atoms with Gasteiger partial charge in [-0.3, -0.25) is 14.5 Å². The Morgan fingerprint density at radius 3 is 2.62 bits per heavy atom. The number of ether oxygens (including phenoxy) is 1. The Balaban J connectivity index is 2.09. The first-order valence-corrected chi connectivity index (χ1v) is 7.50. The highest BCUT2D eigenvalue weighted by Gasteiger charge is 2.30. The number of carbonyl (C=O) groups excluding carboxylic acids is 2. The van der Waals surface area contributed by atoms with Crippen molar-refractivity contribution >= 4 is 46.2 Å². The van der Waals surface area contributed by atoms with Crippen LogP contribution in [0.5, 0.6) is 5.75 Å². The molecule has 0 unspecified atom stereocenters. The van der Waals surface area contributed by atoms with Crippen LogP contribution in [0.4, 0.5) is 0 Å². The van der Waals surface area contributed by atoms with Gasteiger partial charge in [-0.25, -0.2) is 0 Å². The third kappa shape index (κ3) is 3.83. The van der Waals surface area contributed by atoms with E-state index in [9.17, 15) is 9.59 Å². The molecule has 0 saturated carbocycles. The van der Waals surface area contributed by atoms with Crippen molar-refractivity contribution in [3.05, 3.63) is 34.7 Å². The lowest BCUT2D eigenvalue weighted by Gasteiger charge is -2.09. The van der Waals surface area contributed by atoms with E-state index in [1.54, 1.807) is 35.2 Å². The van der Waals surface area contributed by atoms with Crippen molar-refractivity contribution in [2.45, 2.75) is 6.92 Å². The second-order valence-electron chi connectivity index (χ2n) is 4.25. The molecule has 0 atom stereocenters. The molecule has 0 aromatic heterocycles. The number of thiocarbonyl (C=S) groups is 1. The van der Waals surface area contributed by atoms with Crippen molar-refractivity contribution < 1.29 is 14.3 Å². The van der Waals surface area contributed by atoms with Crippen molar-refractivity contribution in [2.24, 2.45) is 5.73 Å². The number of carbonyl (C=O) groups is 2. The standard InChI is InChI=1S/C14H14N2O3S2/c1-2-16-13(18)11(21-14(16)20)7-9-3-5-10(6-4-9)19-8-12(15)17/h3-7H,2,8H2,1H3,(H2,15,17)/b11-7+. The predicted molar refractivity (Wildman–Crippen MR) is 86.7 cm³/mol. The van der Waals surface area contributed by atoms with Crippen molar-refractivity contribution in [2.75, 3.05) is 13.2 Å². The second-order valence-corrected chi connectivity index (χ2v) is 5.93. The Labute approximate surface area is 132 Å². The summed E-state index contributed by atoms with van der Waals surface area (Å²) in [6, 6.07) is 7.04. The number of hydrogen-bond acceptors (Lipinski definition) is 5. The minimum absolute atomic E-state index is 0.0680. The van der Waals surface area contributed by atoms with Gasteiger partial charge in [-0.15, -0.1) is 0 Å². The zero-order valence-electron chi connectivity index (χ0n) is 11.4. The van der Waals surface area contributed by atoms with E-state index < -0.39 is 5.91 Å². The highest BCUT2D eigenvalue weighted by Crippen LogP contribution is 2.32. The van der Waals surface area contributed by atoms with Crippen LogP contribution in [-0.2, 0) is 9.59 Å². The minimum atomic E-state index is -0.526. The van der Waals surface area contributed by atoms with E-state index in [-0.39, 0.29) is 12.5 Å². The summed E-state index contributed by atoms with van der Waals surface area (Å²) in [5.74, 6) is -0.0454. The largest absolute Gasteiger partial charge is 0.484 e. The smallest absolute Gasteiger partial charge is 0.266 e. The van der Waals surface area contributed by atoms with E-state index in [0.717, 1.165) is 5.56 Å². The topological polar surface area (TPSA) is 72.6 Å². The van der Waals surface area contributed by atoms with Gasteiger partial charge in [0.2, 0.25) is 0 Å². The van der Waals surface area contributed by atoms with Crippen molar-refractivity contribution in [1.29, 1.82) is 0 Å². The highest BCUT2D eigenvalue weighted by molar-refractivity contribution is 8.26. The van der Waals surface area contributed by atoms with E-state index in [0.29, 0.717) is 21.5 Å². The summed E-state index contributed by atoms with van der Waals surface area (Å²) in [5.41, 5.74) is 5.86. The van der Waals surface area contributed by atoms with Crippen LogP contribution in [0.2, 0.25) is 0 Å². The lowest BCUT2D eigenvalue weighted by Crippen LogP contribution is -2.27. The highest BCUT2D eigenvalue weighted by atomic mass is 32.2. The summed E-state index contributed by atoms with van der Waals surface area (Å²) >= 11 is 6.45. The normalized spacial score (nSPS) is 16.6. The molecule has 1 aromatic carbocycles. The third-order valence-corrected chi connectivity index (χ3v) is 4.13. The summed E-state index contributed by atoms with van der Waals surface area (Å²) in [5, 5.41) is 0. The molecule has 21 heavy (non-hydrogen) atoms. The van der Waals surface area contributed by atoms with Gasteiger partial charge in [-0.05, 0) is 30.7 Å². The molecule has 5 nitrogen and oxygen atoms in total. The molecule has 1 aliphatic rings. The lowest BCUT2D eigenvalue weighted by atomic mass is 10.2. The molecule has 0 aliphatic carbocycles. The van der Waals surface area contributed by atoms with Crippen LogP contribution < -0.4 is 10.5 Å². The molecular formula is C14H14N2O3S2. The number of hydrogen-bond donors (Lipinski definition) is 1. The third-order valence-electron chi connectivity index (χ3n) is 2.75. The minimum Gasteiger partial charge on any atom is -0.484 e. The monoisotopic (exact) mass is 322 g/mol. The SMILES string of the molecule is CCN1C(=O)/C(=C\c2ccc(OCC(N)=O)cc2)SC1=S. The maximum atomic E-state index is 12.1. The van der Waals surface area contributed by atoms with Crippen LogP contribution in [-0.4, -0.2) is 34.2 Å². The summed E-state index contributed by atoms with van der Waals surface area (Å²) in [7, 11) is 0. The maximum Gasteiger partial charge on any atom is 0.266 e. The molecule has 110 valence electrons. The maximum absolute atomic E-state index is 12.1. The Morgan fingerprint density at radius 1 is 1.43 bits per heavy atom. The summed E-state index contributed by atoms with van der Waals surface area (Å²) < 4.78 is 5.75. The fourth-order valence-corrected chi connectivity index (χ4v) is 3.12. The van der Waals surface area contributed by atoms with Crippen LogP contribution in [0.15, 0.2) is 29.2 Å². The molecule has 1 fully saturated rings. The fourth-order valence-electron chi connectivity index (χ4n) is 1.74. The molecule has 2 amide bonds. The van der Waals surface area contributed by atoms with Gasteiger partial charge in [0.25, 0.3) is 11.8 Å². The average Bonchev–Trinajstić information content (AvgIpc) is 2.72. The fraction of sp³-hybridized carbons (Fsp3) is 0.214. The summed E-state index contributed by atoms with van der Waals surface area (Å²) in [6.45, 7) is 2.30. The number of nitrogens with two attached hydrogens (primary N) is 1. The molecule has 0 spiro atoms. The molecule has 2 rings (SSSR count). The molecule has 1 aromatic rings. The van der Waals surface area contributed by atoms with Gasteiger partial charge in [0.15, 0.2) is 6.61 Å². The van der Waals surface area contributed by atoms with Crippen molar-refractivity contribution in [1.82, 2.24) is 4.90 Å². The predicted octanol–water partition coefficient (Wildman–Crippen LogP) is 1.77. The van der Waals surface area contributed by atoms with Crippen LogP contribution in [0.25, 0.3) is 6.08 Å². The first kappa shape index (κ1) is 15.5. The lowest BCUT2D eigenvalue weighted by molar-refractivity contribution is -0.122. The molecule has 2 N–H and O–H groups in total. The van der Waals surface area contributed by atoms with Crippen molar-refractivity contribution in [3.8, 4) is 5.75 Å². The van der Waals surface area contributed by atoms with Crippen LogP contribution in [0.3, 0.4) is 0 Å². The van der Waals surface area contributed by atoms with E-state index in [4.69, 9.17) is 22.7 Å². The first-order chi connectivity index (χ1) is 10.0. The van der Waals surface area contributed by atoms with Crippen LogP contribution in [0.1, 0.15) is 12.5 Å². The number of likely N-dealkylation sites (N-methyl/N-ethyl adjacent to an activating group) is 1. The van der Waals surface area contributed by atoms with Gasteiger partial charge in [0.1, 0.15) is 10.1 Å². The molecule has 1 heterocycles. The molecule has 1 aliphatic heterocycles. The van der Waals surface area contributed by atoms with Gasteiger partial charge in [-0.1, -0.05) is 36.1 Å². The molecule has 1 saturated heterocycles. The Hall–Kier alpha value is -1.86. The number of rotatable bonds is 5. The Morgan fingerprint density at radius 2 is 2.10 bits per heavy atom. The van der Waals surface area contributed by atoms with E-state index in [1.807, 2.05) is 6.92 Å². The quantitative estimate of drug-likeness (QED) is 0.661. The average molecular weight is 322 g/mol. The Bertz CT molecular complexity index is 611. The van der Waals surface area contributed by atoms with Gasteiger partial charge >= 0.3 is 0 Å². The van der Waals surface area contributed by atoms with Gasteiger partial charge in [0.05, 0.1) is 4.91 Å². The number of amides is 2. The molecular weight excluding hydrogens is 308 g/mol. The number of thioether (sulfide) groups is 1. The second kappa shape index (κ2) is 6.73. The number of primary amides is 1. The molecule has 7 heteroatoms. The van der Waals surface area contributed by atoms with Gasteiger partial charge in [-0.2, -0.15) is 0 Å². The van der Waals surface area contributed by atoms with Gasteiger partial charge < -0.3 is 10.5 Å². The summed E-state index contributed by atoms with van der Waals surface area (Å²) in [4.78, 5) is 24.9. The van der Waals surface area contributed by atoms with Gasteiger partial charge in [0, 0.05) is 6.54 Å². The van der Waals surface area contributed by atoms with Crippen LogP contribution in [0, 0.1) is 0 Å². The zero-order valence-corrected chi connectivity index (χ0v) is 13.0. The molecule has 0 radical (unpaired) electrons. The number of nitrogens with zero attached hydrogens (tertiary/aromatic N) is 1. The van der Waals surface area contributed by atoms with Crippen LogP contribution >= 0.6 is 24.0 Å². The zero-order chi connectivity index (χ0) is 15.4. The first-order valence-electron chi connectivity index (χ1n) is 6.27. The summed E-state index contributed by atoms with van der Waals surface area (Å²) in [6.07, 6.45) is 1.78.